The van der Waals surface area contributed by atoms with Gasteiger partial charge in [-0.2, -0.15) is 0 Å². The summed E-state index contributed by atoms with van der Waals surface area (Å²) in [6.45, 7) is 4.28. The van der Waals surface area contributed by atoms with Crippen LogP contribution in [-0.2, 0) is 9.59 Å². The van der Waals surface area contributed by atoms with Crippen molar-refractivity contribution in [2.45, 2.75) is 43.6 Å². The lowest BCUT2D eigenvalue weighted by Gasteiger charge is -2.33. The van der Waals surface area contributed by atoms with Crippen molar-refractivity contribution in [1.82, 2.24) is 9.80 Å². The van der Waals surface area contributed by atoms with Crippen LogP contribution in [0.15, 0.2) is 24.3 Å². The minimum atomic E-state index is 0.00250. The zero-order valence-corrected chi connectivity index (χ0v) is 19.8. The monoisotopic (exact) mass is 450 g/mol. The summed E-state index contributed by atoms with van der Waals surface area (Å²) in [6, 6.07) is 8.16. The molecule has 0 unspecified atom stereocenters. The number of hydrogen-bond donors (Lipinski definition) is 0. The van der Waals surface area contributed by atoms with Gasteiger partial charge in [0.2, 0.25) is 5.91 Å². The standard InChI is InChI=1S/C23H34N2O3S2/c1-3-4-12-24(2)22(27)18-10-13-25(14-11-18)21(26)17-28-20-8-6-19(7-9-20)23-29-15-5-16-30-23/h6-9,18,23H,3-5,10-17H2,1-2H3. The topological polar surface area (TPSA) is 49.9 Å². The Morgan fingerprint density at radius 2 is 1.80 bits per heavy atom. The van der Waals surface area contributed by atoms with Crippen LogP contribution in [0.1, 0.15) is 49.2 Å². The molecule has 166 valence electrons. The molecule has 0 aliphatic carbocycles. The summed E-state index contributed by atoms with van der Waals surface area (Å²) in [6.07, 6.45) is 4.90. The fourth-order valence-electron chi connectivity index (χ4n) is 3.83. The van der Waals surface area contributed by atoms with E-state index in [2.05, 4.69) is 19.1 Å². The fraction of sp³-hybridized carbons (Fsp3) is 0.652. The summed E-state index contributed by atoms with van der Waals surface area (Å²) < 4.78 is 6.25. The van der Waals surface area contributed by atoms with Crippen molar-refractivity contribution < 1.29 is 14.3 Å². The average molecular weight is 451 g/mol. The number of carbonyl (C=O) groups is 2. The largest absolute Gasteiger partial charge is 0.484 e. The highest BCUT2D eigenvalue weighted by molar-refractivity contribution is 8.16. The van der Waals surface area contributed by atoms with E-state index in [0.29, 0.717) is 17.7 Å². The second-order valence-electron chi connectivity index (χ2n) is 8.05. The molecule has 0 radical (unpaired) electrons. The van der Waals surface area contributed by atoms with Crippen molar-refractivity contribution in [2.75, 3.05) is 44.8 Å². The number of ether oxygens (including phenoxy) is 1. The Labute approximate surface area is 189 Å². The molecule has 5 nitrogen and oxygen atoms in total. The lowest BCUT2D eigenvalue weighted by molar-refractivity contribution is -0.140. The van der Waals surface area contributed by atoms with Gasteiger partial charge in [-0.3, -0.25) is 9.59 Å². The Balaban J connectivity index is 1.40. The molecule has 1 aromatic carbocycles. The zero-order chi connectivity index (χ0) is 21.3. The predicted molar refractivity (Wildman–Crippen MR) is 126 cm³/mol. The smallest absolute Gasteiger partial charge is 0.260 e. The Hall–Kier alpha value is -1.34. The molecule has 3 rings (SSSR count). The maximum Gasteiger partial charge on any atom is 0.260 e. The highest BCUT2D eigenvalue weighted by Gasteiger charge is 2.29. The lowest BCUT2D eigenvalue weighted by atomic mass is 9.95. The van der Waals surface area contributed by atoms with Crippen molar-refractivity contribution in [3.05, 3.63) is 29.8 Å². The first-order valence-corrected chi connectivity index (χ1v) is 13.2. The molecule has 2 saturated heterocycles. The number of amides is 2. The zero-order valence-electron chi connectivity index (χ0n) is 18.2. The van der Waals surface area contributed by atoms with Crippen molar-refractivity contribution >= 4 is 35.3 Å². The summed E-state index contributed by atoms with van der Waals surface area (Å²) in [5, 5.41) is 0. The van der Waals surface area contributed by atoms with Crippen LogP contribution in [0.25, 0.3) is 0 Å². The van der Waals surface area contributed by atoms with Gasteiger partial charge in [-0.25, -0.2) is 0 Å². The van der Waals surface area contributed by atoms with Gasteiger partial charge in [-0.15, -0.1) is 23.5 Å². The molecule has 2 fully saturated rings. The van der Waals surface area contributed by atoms with E-state index in [1.807, 2.05) is 52.5 Å². The molecular weight excluding hydrogens is 416 g/mol. The Bertz CT molecular complexity index is 684. The molecular formula is C23H34N2O3S2. The molecule has 2 amide bonds. The van der Waals surface area contributed by atoms with Gasteiger partial charge in [0.05, 0.1) is 4.58 Å². The second kappa shape index (κ2) is 11.9. The molecule has 1 aromatic rings. The van der Waals surface area contributed by atoms with E-state index in [1.54, 1.807) is 0 Å². The number of rotatable bonds is 8. The van der Waals surface area contributed by atoms with Crippen LogP contribution in [0.4, 0.5) is 0 Å². The van der Waals surface area contributed by atoms with Gasteiger partial charge in [-0.05, 0) is 54.9 Å². The Morgan fingerprint density at radius 1 is 1.13 bits per heavy atom. The third-order valence-electron chi connectivity index (χ3n) is 5.76. The molecule has 0 saturated carbocycles. The van der Waals surface area contributed by atoms with Crippen LogP contribution >= 0.6 is 23.5 Å². The van der Waals surface area contributed by atoms with Crippen LogP contribution in [0.5, 0.6) is 5.75 Å². The molecule has 0 atom stereocenters. The normalized spacial score (nSPS) is 18.3. The molecule has 7 heteroatoms. The van der Waals surface area contributed by atoms with Crippen LogP contribution in [0.3, 0.4) is 0 Å². The number of unbranched alkanes of at least 4 members (excludes halogenated alkanes) is 1. The van der Waals surface area contributed by atoms with Gasteiger partial charge in [0.1, 0.15) is 5.75 Å². The van der Waals surface area contributed by atoms with E-state index in [0.717, 1.165) is 38.0 Å². The SMILES string of the molecule is CCCCN(C)C(=O)C1CCN(C(=O)COc2ccc(C3SCCCS3)cc2)CC1. The molecule has 2 aliphatic heterocycles. The first kappa shape index (κ1) is 23.3. The number of carbonyl (C=O) groups excluding carboxylic acids is 2. The quantitative estimate of drug-likeness (QED) is 0.586. The maximum atomic E-state index is 12.5. The van der Waals surface area contributed by atoms with Gasteiger partial charge in [0.25, 0.3) is 5.91 Å². The van der Waals surface area contributed by atoms with Crippen LogP contribution < -0.4 is 4.74 Å². The first-order chi connectivity index (χ1) is 14.6. The lowest BCUT2D eigenvalue weighted by Crippen LogP contribution is -2.45. The number of thioether (sulfide) groups is 2. The van der Waals surface area contributed by atoms with Gasteiger partial charge in [0.15, 0.2) is 6.61 Å². The van der Waals surface area contributed by atoms with Crippen LogP contribution in [0, 0.1) is 5.92 Å². The molecule has 2 aliphatic rings. The predicted octanol–water partition coefficient (Wildman–Crippen LogP) is 4.43. The Kier molecular flexibility index (Phi) is 9.25. The number of benzene rings is 1. The minimum Gasteiger partial charge on any atom is -0.484 e. The second-order valence-corrected chi connectivity index (χ2v) is 10.8. The summed E-state index contributed by atoms with van der Waals surface area (Å²) in [7, 11) is 1.89. The molecule has 30 heavy (non-hydrogen) atoms. The third-order valence-corrected chi connectivity index (χ3v) is 8.78. The van der Waals surface area contributed by atoms with E-state index in [1.165, 1.54) is 23.5 Å². The van der Waals surface area contributed by atoms with Gasteiger partial charge < -0.3 is 14.5 Å². The van der Waals surface area contributed by atoms with Crippen LogP contribution in [-0.4, -0.2) is 66.4 Å². The summed E-state index contributed by atoms with van der Waals surface area (Å²) >= 11 is 4.00. The number of likely N-dealkylation sites (tertiary alicyclic amines) is 1. The summed E-state index contributed by atoms with van der Waals surface area (Å²) in [5.41, 5.74) is 1.32. The first-order valence-electron chi connectivity index (χ1n) is 11.1. The third kappa shape index (κ3) is 6.58. The molecule has 0 bridgehead atoms. The Morgan fingerprint density at radius 3 is 2.43 bits per heavy atom. The molecule has 0 spiro atoms. The van der Waals surface area contributed by atoms with Crippen molar-refractivity contribution in [1.29, 1.82) is 0 Å². The van der Waals surface area contributed by atoms with E-state index in [-0.39, 0.29) is 24.3 Å². The highest BCUT2D eigenvalue weighted by Crippen LogP contribution is 2.43. The highest BCUT2D eigenvalue weighted by atomic mass is 32.2. The van der Waals surface area contributed by atoms with Crippen molar-refractivity contribution in [3.63, 3.8) is 0 Å². The van der Waals surface area contributed by atoms with Crippen molar-refractivity contribution in [3.8, 4) is 5.75 Å². The van der Waals surface area contributed by atoms with Gasteiger partial charge >= 0.3 is 0 Å². The number of piperidine rings is 1. The van der Waals surface area contributed by atoms with Gasteiger partial charge in [-0.1, -0.05) is 25.5 Å². The summed E-state index contributed by atoms with van der Waals surface area (Å²) in [4.78, 5) is 28.7. The minimum absolute atomic E-state index is 0.00250. The average Bonchev–Trinajstić information content (AvgIpc) is 2.81. The van der Waals surface area contributed by atoms with Crippen LogP contribution in [0.2, 0.25) is 0 Å². The van der Waals surface area contributed by atoms with Gasteiger partial charge in [0, 0.05) is 32.6 Å². The van der Waals surface area contributed by atoms with Crippen molar-refractivity contribution in [2.24, 2.45) is 5.92 Å². The maximum absolute atomic E-state index is 12.5. The fourth-order valence-corrected chi connectivity index (χ4v) is 6.73. The van der Waals surface area contributed by atoms with E-state index < -0.39 is 0 Å². The molecule has 0 aromatic heterocycles. The van der Waals surface area contributed by atoms with E-state index in [9.17, 15) is 9.59 Å². The van der Waals surface area contributed by atoms with E-state index in [4.69, 9.17) is 4.74 Å². The molecule has 2 heterocycles. The number of nitrogens with zero attached hydrogens (tertiary/aromatic N) is 2. The van der Waals surface area contributed by atoms with E-state index >= 15 is 0 Å². The summed E-state index contributed by atoms with van der Waals surface area (Å²) in [5.74, 6) is 3.45. The number of hydrogen-bond acceptors (Lipinski definition) is 5. The molecule has 0 N–H and O–H groups in total.